The first-order valence-electron chi connectivity index (χ1n) is 6.35. The van der Waals surface area contributed by atoms with Crippen LogP contribution < -0.4 is 0 Å². The van der Waals surface area contributed by atoms with E-state index in [1.807, 2.05) is 16.8 Å². The van der Waals surface area contributed by atoms with Gasteiger partial charge in [-0.15, -0.1) is 0 Å². The molecule has 3 heterocycles. The Labute approximate surface area is 137 Å². The molecule has 0 N–H and O–H groups in total. The van der Waals surface area contributed by atoms with Crippen LogP contribution in [0.4, 0.5) is 0 Å². The number of nitrogens with zero attached hydrogens (tertiary/aromatic N) is 2. The molecule has 3 rings (SSSR count). The molecule has 4 nitrogen and oxygen atoms in total. The third-order valence-corrected chi connectivity index (χ3v) is 6.77. The molecule has 1 aliphatic rings. The maximum absolute atomic E-state index is 12.8. The van der Waals surface area contributed by atoms with Crippen LogP contribution in [0.2, 0.25) is 10.2 Å². The predicted octanol–water partition coefficient (Wildman–Crippen LogP) is 3.98. The van der Waals surface area contributed by atoms with E-state index in [1.54, 1.807) is 11.3 Å². The summed E-state index contributed by atoms with van der Waals surface area (Å²) >= 11 is 13.2. The number of hydrogen-bond acceptors (Lipinski definition) is 4. The summed E-state index contributed by atoms with van der Waals surface area (Å²) in [7, 11) is -3.62. The van der Waals surface area contributed by atoms with Crippen molar-refractivity contribution < 1.29 is 8.42 Å². The fraction of sp³-hybridized carbons (Fsp3) is 0.308. The minimum Gasteiger partial charge on any atom is -0.242 e. The molecule has 0 saturated carbocycles. The number of pyridine rings is 1. The summed E-state index contributed by atoms with van der Waals surface area (Å²) in [6, 6.07) is 3.21. The summed E-state index contributed by atoms with van der Waals surface area (Å²) in [5.74, 6) is 0. The quantitative estimate of drug-likeness (QED) is 0.776. The van der Waals surface area contributed by atoms with Gasteiger partial charge in [-0.1, -0.05) is 23.2 Å². The van der Waals surface area contributed by atoms with Crippen molar-refractivity contribution in [2.24, 2.45) is 0 Å². The summed E-state index contributed by atoms with van der Waals surface area (Å²) in [5, 5.41) is 4.19. The van der Waals surface area contributed by atoms with E-state index < -0.39 is 10.0 Å². The molecule has 0 spiro atoms. The lowest BCUT2D eigenvalue weighted by molar-refractivity contribution is 0.397. The van der Waals surface area contributed by atoms with Gasteiger partial charge in [0.2, 0.25) is 10.0 Å². The summed E-state index contributed by atoms with van der Waals surface area (Å²) < 4.78 is 27.1. The van der Waals surface area contributed by atoms with Crippen LogP contribution in [-0.4, -0.2) is 24.3 Å². The van der Waals surface area contributed by atoms with Crippen LogP contribution in [0.3, 0.4) is 0 Å². The highest BCUT2D eigenvalue weighted by molar-refractivity contribution is 7.89. The first-order chi connectivity index (χ1) is 10.00. The van der Waals surface area contributed by atoms with Gasteiger partial charge in [-0.2, -0.15) is 15.6 Å². The normalized spacial score (nSPS) is 20.0. The van der Waals surface area contributed by atoms with Crippen molar-refractivity contribution in [1.82, 2.24) is 9.29 Å². The molecule has 1 unspecified atom stereocenters. The summed E-state index contributed by atoms with van der Waals surface area (Å²) in [6.07, 6.45) is 2.92. The fourth-order valence-corrected chi connectivity index (χ4v) is 5.20. The summed E-state index contributed by atoms with van der Waals surface area (Å²) in [5.41, 5.74) is 1.04. The monoisotopic (exact) mass is 362 g/mol. The van der Waals surface area contributed by atoms with Gasteiger partial charge < -0.3 is 0 Å². The van der Waals surface area contributed by atoms with Crippen LogP contribution >= 0.6 is 34.5 Å². The van der Waals surface area contributed by atoms with Crippen molar-refractivity contribution in [3.05, 3.63) is 44.8 Å². The van der Waals surface area contributed by atoms with Crippen LogP contribution in [0.15, 0.2) is 34.0 Å². The molecular weight excluding hydrogens is 351 g/mol. The van der Waals surface area contributed by atoms with E-state index in [-0.39, 0.29) is 21.1 Å². The molecule has 8 heteroatoms. The van der Waals surface area contributed by atoms with Crippen molar-refractivity contribution in [2.75, 3.05) is 6.54 Å². The van der Waals surface area contributed by atoms with Gasteiger partial charge in [0.25, 0.3) is 0 Å². The molecule has 0 amide bonds. The Kier molecular flexibility index (Phi) is 4.25. The second kappa shape index (κ2) is 5.85. The van der Waals surface area contributed by atoms with E-state index in [0.717, 1.165) is 18.4 Å². The van der Waals surface area contributed by atoms with E-state index in [2.05, 4.69) is 4.98 Å². The fourth-order valence-electron chi connectivity index (χ4n) is 2.51. The first-order valence-corrected chi connectivity index (χ1v) is 9.49. The van der Waals surface area contributed by atoms with Crippen molar-refractivity contribution in [3.8, 4) is 0 Å². The maximum atomic E-state index is 12.8. The zero-order valence-corrected chi connectivity index (χ0v) is 14.0. The Morgan fingerprint density at radius 2 is 2.19 bits per heavy atom. The lowest BCUT2D eigenvalue weighted by Crippen LogP contribution is -2.30. The number of sulfonamides is 1. The standard InChI is InChI=1S/C13H12Cl2N2O2S2/c14-11-6-10(7-16-13(11)15)21(18,19)17-4-1-2-12(17)9-3-5-20-8-9/h3,5-8,12H,1-2,4H2. The minimum absolute atomic E-state index is 0.0824. The van der Waals surface area contributed by atoms with E-state index in [4.69, 9.17) is 23.2 Å². The van der Waals surface area contributed by atoms with Crippen LogP contribution in [-0.2, 0) is 10.0 Å². The highest BCUT2D eigenvalue weighted by Gasteiger charge is 2.36. The van der Waals surface area contributed by atoms with Crippen molar-refractivity contribution in [1.29, 1.82) is 0 Å². The van der Waals surface area contributed by atoms with Crippen LogP contribution in [0.25, 0.3) is 0 Å². The Bertz CT molecular complexity index is 748. The van der Waals surface area contributed by atoms with E-state index >= 15 is 0 Å². The lowest BCUT2D eigenvalue weighted by Gasteiger charge is -2.23. The third-order valence-electron chi connectivity index (χ3n) is 3.51. The molecule has 0 bridgehead atoms. The van der Waals surface area contributed by atoms with Gasteiger partial charge in [0.15, 0.2) is 0 Å². The number of thiophene rings is 1. The van der Waals surface area contributed by atoms with Gasteiger partial charge in [-0.3, -0.25) is 0 Å². The van der Waals surface area contributed by atoms with Gasteiger partial charge in [-0.25, -0.2) is 13.4 Å². The van der Waals surface area contributed by atoms with E-state index in [0.29, 0.717) is 6.54 Å². The number of aromatic nitrogens is 1. The Morgan fingerprint density at radius 1 is 1.38 bits per heavy atom. The molecule has 0 aromatic carbocycles. The highest BCUT2D eigenvalue weighted by Crippen LogP contribution is 2.37. The van der Waals surface area contributed by atoms with Crippen molar-refractivity contribution in [3.63, 3.8) is 0 Å². The first kappa shape index (κ1) is 15.2. The zero-order valence-electron chi connectivity index (χ0n) is 10.9. The van der Waals surface area contributed by atoms with Gasteiger partial charge in [-0.05, 0) is 41.3 Å². The van der Waals surface area contributed by atoms with E-state index in [1.165, 1.54) is 16.6 Å². The van der Waals surface area contributed by atoms with Gasteiger partial charge in [0.05, 0.1) is 11.1 Å². The molecule has 112 valence electrons. The van der Waals surface area contributed by atoms with Crippen LogP contribution in [0, 0.1) is 0 Å². The van der Waals surface area contributed by atoms with Gasteiger partial charge in [0.1, 0.15) is 10.0 Å². The number of rotatable bonds is 3. The summed E-state index contributed by atoms with van der Waals surface area (Å²) in [6.45, 7) is 0.503. The minimum atomic E-state index is -3.62. The smallest absolute Gasteiger partial charge is 0.242 e. The second-order valence-electron chi connectivity index (χ2n) is 4.77. The summed E-state index contributed by atoms with van der Waals surface area (Å²) in [4.78, 5) is 3.92. The molecule has 21 heavy (non-hydrogen) atoms. The molecule has 0 aliphatic carbocycles. The molecule has 2 aromatic heterocycles. The third kappa shape index (κ3) is 2.83. The molecule has 1 atom stereocenters. The number of halogens is 2. The molecule has 0 radical (unpaired) electrons. The van der Waals surface area contributed by atoms with Crippen LogP contribution in [0.5, 0.6) is 0 Å². The number of hydrogen-bond donors (Lipinski definition) is 0. The van der Waals surface area contributed by atoms with Crippen LogP contribution in [0.1, 0.15) is 24.4 Å². The Hall–Kier alpha value is -0.660. The van der Waals surface area contributed by atoms with Crippen molar-refractivity contribution in [2.45, 2.75) is 23.8 Å². The zero-order chi connectivity index (χ0) is 15.0. The lowest BCUT2D eigenvalue weighted by atomic mass is 10.1. The molecule has 1 saturated heterocycles. The van der Waals surface area contributed by atoms with Gasteiger partial charge in [0, 0.05) is 12.7 Å². The molecule has 2 aromatic rings. The van der Waals surface area contributed by atoms with E-state index in [9.17, 15) is 8.42 Å². The Balaban J connectivity index is 1.99. The molecular formula is C13H12Cl2N2O2S2. The molecule has 1 aliphatic heterocycles. The Morgan fingerprint density at radius 3 is 2.86 bits per heavy atom. The SMILES string of the molecule is O=S(=O)(c1cnc(Cl)c(Cl)c1)N1CCCC1c1ccsc1. The highest BCUT2D eigenvalue weighted by atomic mass is 35.5. The largest absolute Gasteiger partial charge is 0.245 e. The van der Waals surface area contributed by atoms with Gasteiger partial charge >= 0.3 is 0 Å². The van der Waals surface area contributed by atoms with Crippen molar-refractivity contribution >= 4 is 44.6 Å². The molecule has 1 fully saturated rings. The average molecular weight is 363 g/mol. The average Bonchev–Trinajstić information content (AvgIpc) is 3.11. The second-order valence-corrected chi connectivity index (χ2v) is 8.21. The maximum Gasteiger partial charge on any atom is 0.245 e. The predicted molar refractivity (Wildman–Crippen MR) is 84.4 cm³/mol. The topological polar surface area (TPSA) is 50.3 Å².